The average Bonchev–Trinajstić information content (AvgIpc) is 2.33. The number of rotatable bonds is 8. The van der Waals surface area contributed by atoms with Crippen LogP contribution in [0.4, 0.5) is 4.39 Å². The Balaban J connectivity index is 2.54. The molecule has 0 saturated carbocycles. The molecule has 4 heteroatoms. The van der Waals surface area contributed by atoms with E-state index in [0.29, 0.717) is 11.7 Å². The van der Waals surface area contributed by atoms with Gasteiger partial charge in [-0.05, 0) is 31.0 Å². The summed E-state index contributed by atoms with van der Waals surface area (Å²) in [6.45, 7) is 8.22. The summed E-state index contributed by atoms with van der Waals surface area (Å²) in [6, 6.07) is 4.48. The third kappa shape index (κ3) is 6.26. The highest BCUT2D eigenvalue weighted by molar-refractivity contribution is 6.30. The van der Waals surface area contributed by atoms with E-state index in [2.05, 4.69) is 26.1 Å². The Kier molecular flexibility index (Phi) is 7.17. The SMILES string of the molecule is CCCC(CNCC(C)C)Oc1ccc(F)c(Cl)c1. The quantitative estimate of drug-likeness (QED) is 0.771. The summed E-state index contributed by atoms with van der Waals surface area (Å²) in [6.07, 6.45) is 2.09. The standard InChI is InChI=1S/C15H23ClFNO/c1-4-5-13(10-18-9-11(2)3)19-12-6-7-15(17)14(16)8-12/h6-8,11,13,18H,4-5,9-10H2,1-3H3. The molecule has 2 nitrogen and oxygen atoms in total. The maximum Gasteiger partial charge on any atom is 0.142 e. The van der Waals surface area contributed by atoms with Gasteiger partial charge in [0.2, 0.25) is 0 Å². The van der Waals surface area contributed by atoms with Crippen LogP contribution in [0.15, 0.2) is 18.2 Å². The van der Waals surface area contributed by atoms with Gasteiger partial charge in [-0.3, -0.25) is 0 Å². The van der Waals surface area contributed by atoms with Gasteiger partial charge in [0.1, 0.15) is 17.7 Å². The topological polar surface area (TPSA) is 21.3 Å². The zero-order chi connectivity index (χ0) is 14.3. The Morgan fingerprint density at radius 3 is 2.63 bits per heavy atom. The van der Waals surface area contributed by atoms with Crippen molar-refractivity contribution < 1.29 is 9.13 Å². The van der Waals surface area contributed by atoms with Gasteiger partial charge in [-0.15, -0.1) is 0 Å². The van der Waals surface area contributed by atoms with Gasteiger partial charge in [0.05, 0.1) is 5.02 Å². The first-order chi connectivity index (χ1) is 9.02. The largest absolute Gasteiger partial charge is 0.489 e. The second-order valence-electron chi connectivity index (χ2n) is 5.16. The van der Waals surface area contributed by atoms with Crippen LogP contribution < -0.4 is 10.1 Å². The maximum atomic E-state index is 13.1. The van der Waals surface area contributed by atoms with E-state index in [1.54, 1.807) is 6.07 Å². The highest BCUT2D eigenvalue weighted by Gasteiger charge is 2.11. The highest BCUT2D eigenvalue weighted by Crippen LogP contribution is 2.22. The molecule has 0 bridgehead atoms. The van der Waals surface area contributed by atoms with E-state index in [1.807, 2.05) is 0 Å². The Morgan fingerprint density at radius 2 is 2.05 bits per heavy atom. The molecule has 0 aliphatic rings. The van der Waals surface area contributed by atoms with Gasteiger partial charge in [-0.2, -0.15) is 0 Å². The van der Waals surface area contributed by atoms with E-state index in [9.17, 15) is 4.39 Å². The summed E-state index contributed by atoms with van der Waals surface area (Å²) in [5.41, 5.74) is 0. The van der Waals surface area contributed by atoms with Crippen molar-refractivity contribution in [2.24, 2.45) is 5.92 Å². The summed E-state index contributed by atoms with van der Waals surface area (Å²) < 4.78 is 18.9. The Labute approximate surface area is 120 Å². The van der Waals surface area contributed by atoms with E-state index >= 15 is 0 Å². The molecule has 0 spiro atoms. The van der Waals surface area contributed by atoms with Crippen LogP contribution in [0.3, 0.4) is 0 Å². The Hall–Kier alpha value is -0.800. The molecule has 19 heavy (non-hydrogen) atoms. The van der Waals surface area contributed by atoms with E-state index in [4.69, 9.17) is 16.3 Å². The second-order valence-corrected chi connectivity index (χ2v) is 5.56. The molecule has 1 aromatic rings. The zero-order valence-electron chi connectivity index (χ0n) is 11.9. The molecule has 1 unspecified atom stereocenters. The van der Waals surface area contributed by atoms with Crippen molar-refractivity contribution in [3.05, 3.63) is 29.0 Å². The fourth-order valence-corrected chi connectivity index (χ4v) is 1.97. The van der Waals surface area contributed by atoms with Crippen LogP contribution in [0.2, 0.25) is 5.02 Å². The number of nitrogens with one attached hydrogen (secondary N) is 1. The summed E-state index contributed by atoms with van der Waals surface area (Å²) >= 11 is 5.75. The number of benzene rings is 1. The number of hydrogen-bond acceptors (Lipinski definition) is 2. The third-order valence-corrected chi connectivity index (χ3v) is 3.02. The van der Waals surface area contributed by atoms with Gasteiger partial charge in [0.15, 0.2) is 0 Å². The summed E-state index contributed by atoms with van der Waals surface area (Å²) in [4.78, 5) is 0. The van der Waals surface area contributed by atoms with Crippen molar-refractivity contribution in [3.8, 4) is 5.75 Å². The van der Waals surface area contributed by atoms with Crippen LogP contribution in [-0.2, 0) is 0 Å². The van der Waals surface area contributed by atoms with Gasteiger partial charge in [0, 0.05) is 12.6 Å². The van der Waals surface area contributed by atoms with Crippen molar-refractivity contribution >= 4 is 11.6 Å². The average molecular weight is 288 g/mol. The minimum Gasteiger partial charge on any atom is -0.489 e. The first-order valence-electron chi connectivity index (χ1n) is 6.85. The van der Waals surface area contributed by atoms with Crippen LogP contribution in [-0.4, -0.2) is 19.2 Å². The first-order valence-corrected chi connectivity index (χ1v) is 7.23. The number of ether oxygens (including phenoxy) is 1. The molecular formula is C15H23ClFNO. The molecule has 1 atom stereocenters. The lowest BCUT2D eigenvalue weighted by Gasteiger charge is -2.20. The Morgan fingerprint density at radius 1 is 1.32 bits per heavy atom. The molecule has 1 rings (SSSR count). The lowest BCUT2D eigenvalue weighted by molar-refractivity contribution is 0.185. The van der Waals surface area contributed by atoms with Gasteiger partial charge >= 0.3 is 0 Å². The van der Waals surface area contributed by atoms with Crippen LogP contribution in [0.5, 0.6) is 5.75 Å². The molecule has 0 fully saturated rings. The lowest BCUT2D eigenvalue weighted by Crippen LogP contribution is -2.33. The zero-order valence-corrected chi connectivity index (χ0v) is 12.6. The predicted octanol–water partition coefficient (Wildman–Crippen LogP) is 4.27. The summed E-state index contributed by atoms with van der Waals surface area (Å²) in [7, 11) is 0. The van der Waals surface area contributed by atoms with Crippen molar-refractivity contribution in [2.75, 3.05) is 13.1 Å². The van der Waals surface area contributed by atoms with Crippen LogP contribution in [0.25, 0.3) is 0 Å². The molecule has 108 valence electrons. The van der Waals surface area contributed by atoms with Crippen LogP contribution in [0.1, 0.15) is 33.6 Å². The maximum absolute atomic E-state index is 13.1. The summed E-state index contributed by atoms with van der Waals surface area (Å²) in [5.74, 6) is 0.817. The normalized spacial score (nSPS) is 12.7. The van der Waals surface area contributed by atoms with Gasteiger partial charge in [-0.1, -0.05) is 38.8 Å². The van der Waals surface area contributed by atoms with Crippen LogP contribution >= 0.6 is 11.6 Å². The Bertz CT molecular complexity index is 384. The van der Waals surface area contributed by atoms with Gasteiger partial charge < -0.3 is 10.1 Å². The van der Waals surface area contributed by atoms with Gasteiger partial charge in [-0.25, -0.2) is 4.39 Å². The summed E-state index contributed by atoms with van der Waals surface area (Å²) in [5, 5.41) is 3.48. The first kappa shape index (κ1) is 16.3. The van der Waals surface area contributed by atoms with E-state index in [1.165, 1.54) is 12.1 Å². The minimum absolute atomic E-state index is 0.0882. The molecule has 1 aromatic carbocycles. The second kappa shape index (κ2) is 8.39. The van der Waals surface area contributed by atoms with Gasteiger partial charge in [0.25, 0.3) is 0 Å². The van der Waals surface area contributed by atoms with E-state index in [-0.39, 0.29) is 11.1 Å². The molecule has 0 amide bonds. The smallest absolute Gasteiger partial charge is 0.142 e. The fourth-order valence-electron chi connectivity index (χ4n) is 1.80. The van der Waals surface area contributed by atoms with Crippen molar-refractivity contribution in [2.45, 2.75) is 39.7 Å². The van der Waals surface area contributed by atoms with E-state index < -0.39 is 5.82 Å². The molecule has 0 radical (unpaired) electrons. The molecule has 0 aliphatic carbocycles. The monoisotopic (exact) mass is 287 g/mol. The van der Waals surface area contributed by atoms with Crippen molar-refractivity contribution in [3.63, 3.8) is 0 Å². The van der Waals surface area contributed by atoms with Crippen LogP contribution in [0, 0.1) is 11.7 Å². The molecular weight excluding hydrogens is 265 g/mol. The fraction of sp³-hybridized carbons (Fsp3) is 0.600. The number of hydrogen-bond donors (Lipinski definition) is 1. The highest BCUT2D eigenvalue weighted by atomic mass is 35.5. The molecule has 0 aromatic heterocycles. The number of halogens is 2. The van der Waals surface area contributed by atoms with Crippen molar-refractivity contribution in [1.29, 1.82) is 0 Å². The molecule has 1 N–H and O–H groups in total. The third-order valence-electron chi connectivity index (χ3n) is 2.73. The molecule has 0 heterocycles. The molecule has 0 aliphatic heterocycles. The lowest BCUT2D eigenvalue weighted by atomic mass is 10.2. The van der Waals surface area contributed by atoms with E-state index in [0.717, 1.165) is 25.9 Å². The van der Waals surface area contributed by atoms with Crippen molar-refractivity contribution in [1.82, 2.24) is 5.32 Å². The predicted molar refractivity (Wildman–Crippen MR) is 78.4 cm³/mol. The molecule has 0 saturated heterocycles. The minimum atomic E-state index is -0.418.